The lowest BCUT2D eigenvalue weighted by atomic mass is 10.4. The molecule has 0 bridgehead atoms. The van der Waals surface area contributed by atoms with Crippen molar-refractivity contribution in [1.29, 1.82) is 0 Å². The van der Waals surface area contributed by atoms with E-state index in [2.05, 4.69) is 9.97 Å². The average molecular weight is 270 g/mol. The quantitative estimate of drug-likeness (QED) is 0.430. The number of aromatic nitrogens is 2. The van der Waals surface area contributed by atoms with E-state index in [1.165, 1.54) is 0 Å². The van der Waals surface area contributed by atoms with E-state index in [9.17, 15) is 14.2 Å². The molecule has 0 aliphatic heterocycles. The first kappa shape index (κ1) is 13.4. The topological polar surface area (TPSA) is 161 Å². The fraction of sp³-hybridized carbons (Fsp3) is 0.200. The van der Waals surface area contributed by atoms with E-state index in [-0.39, 0.29) is 0 Å². The van der Waals surface area contributed by atoms with Crippen LogP contribution in [0.15, 0.2) is 18.7 Å². The van der Waals surface area contributed by atoms with E-state index in [1.54, 1.807) is 0 Å². The molecule has 0 amide bonds. The summed E-state index contributed by atoms with van der Waals surface area (Å²) in [5.74, 6) is 0. The zero-order valence-corrected chi connectivity index (χ0v) is 9.36. The molecule has 0 aliphatic rings. The minimum atomic E-state index is -5.52. The number of rotatable bonds is 3. The third-order valence-corrected chi connectivity index (χ3v) is 5.46. The molecular formula is C5H8N2O7P2. The van der Waals surface area contributed by atoms with Crippen LogP contribution >= 0.6 is 15.2 Å². The van der Waals surface area contributed by atoms with Crippen LogP contribution in [0.2, 0.25) is 0 Å². The Labute approximate surface area is 89.1 Å². The van der Waals surface area contributed by atoms with E-state index in [1.807, 2.05) is 0 Å². The number of nitrogens with zero attached hydrogens (tertiary/aromatic N) is 2. The van der Waals surface area contributed by atoms with Crippen LogP contribution in [0, 0.1) is 0 Å². The molecule has 1 heterocycles. The average Bonchev–Trinajstić information content (AvgIpc) is 2.14. The first-order valence-electron chi connectivity index (χ1n) is 3.70. The molecule has 0 fully saturated rings. The molecule has 0 spiro atoms. The molecule has 5 N–H and O–H groups in total. The van der Waals surface area contributed by atoms with E-state index < -0.39 is 25.8 Å². The van der Waals surface area contributed by atoms with Gasteiger partial charge in [-0.15, -0.1) is 0 Å². The van der Waals surface area contributed by atoms with Crippen LogP contribution in [0.4, 0.5) is 0 Å². The van der Waals surface area contributed by atoms with Crippen LogP contribution in [0.5, 0.6) is 0 Å². The summed E-state index contributed by atoms with van der Waals surface area (Å²) in [4.78, 5) is 42.0. The van der Waals surface area contributed by atoms with E-state index >= 15 is 0 Å². The van der Waals surface area contributed by atoms with Gasteiger partial charge in [-0.05, 0) is 0 Å². The van der Waals surface area contributed by atoms with Crippen LogP contribution < -0.4 is 0 Å². The van der Waals surface area contributed by atoms with Gasteiger partial charge in [0.25, 0.3) is 5.08 Å². The molecule has 0 aromatic carbocycles. The number of hydrogen-bond acceptors (Lipinski definition) is 5. The first-order valence-corrected chi connectivity index (χ1v) is 6.92. The molecule has 11 heteroatoms. The van der Waals surface area contributed by atoms with Crippen molar-refractivity contribution in [3.8, 4) is 0 Å². The summed E-state index contributed by atoms with van der Waals surface area (Å²) in [5, 5.41) is 5.93. The summed E-state index contributed by atoms with van der Waals surface area (Å²) in [6.45, 7) is 0. The summed E-state index contributed by atoms with van der Waals surface area (Å²) < 4.78 is 22.0. The second kappa shape index (κ2) is 3.97. The van der Waals surface area contributed by atoms with Gasteiger partial charge in [0.1, 0.15) is 6.33 Å². The van der Waals surface area contributed by atoms with Crippen molar-refractivity contribution in [2.75, 3.05) is 0 Å². The molecule has 1 rings (SSSR count). The lowest BCUT2D eigenvalue weighted by molar-refractivity contribution is 0.130. The van der Waals surface area contributed by atoms with Gasteiger partial charge in [0.05, 0.1) is 0 Å². The van der Waals surface area contributed by atoms with Gasteiger partial charge in [0.15, 0.2) is 0 Å². The van der Waals surface area contributed by atoms with Gasteiger partial charge in [-0.1, -0.05) is 0 Å². The lowest BCUT2D eigenvalue weighted by Gasteiger charge is -2.28. The zero-order valence-electron chi connectivity index (χ0n) is 7.57. The minimum absolute atomic E-state index is 0.713. The molecule has 1 aromatic heterocycles. The maximum absolute atomic E-state index is 11.0. The molecule has 0 aliphatic carbocycles. The Morgan fingerprint density at radius 2 is 1.38 bits per heavy atom. The van der Waals surface area contributed by atoms with Gasteiger partial charge in [-0.25, -0.2) is 9.97 Å². The lowest BCUT2D eigenvalue weighted by Crippen LogP contribution is -2.26. The highest BCUT2D eigenvalue weighted by Gasteiger charge is 2.61. The van der Waals surface area contributed by atoms with Crippen molar-refractivity contribution < 1.29 is 33.8 Å². The Kier molecular flexibility index (Phi) is 3.33. The fourth-order valence-electron chi connectivity index (χ4n) is 0.978. The van der Waals surface area contributed by atoms with E-state index in [4.69, 9.17) is 19.6 Å². The highest BCUT2D eigenvalue weighted by atomic mass is 31.2. The maximum atomic E-state index is 11.0. The van der Waals surface area contributed by atoms with Gasteiger partial charge < -0.3 is 24.7 Å². The van der Waals surface area contributed by atoms with Crippen molar-refractivity contribution in [3.63, 3.8) is 0 Å². The monoisotopic (exact) mass is 270 g/mol. The summed E-state index contributed by atoms with van der Waals surface area (Å²) in [6.07, 6.45) is 2.40. The molecule has 16 heavy (non-hydrogen) atoms. The van der Waals surface area contributed by atoms with E-state index in [0.29, 0.717) is 12.4 Å². The largest absolute Gasteiger partial charge is 0.374 e. The number of hydrogen-bond donors (Lipinski definition) is 5. The predicted molar refractivity (Wildman–Crippen MR) is 50.0 cm³/mol. The van der Waals surface area contributed by atoms with Crippen LogP contribution in [0.3, 0.4) is 0 Å². The molecule has 90 valence electrons. The summed E-state index contributed by atoms with van der Waals surface area (Å²) >= 11 is 0. The second-order valence-corrected chi connectivity index (χ2v) is 6.67. The summed E-state index contributed by atoms with van der Waals surface area (Å²) in [7, 11) is -11.0. The van der Waals surface area contributed by atoms with Crippen LogP contribution in [0.25, 0.3) is 0 Å². The minimum Gasteiger partial charge on any atom is -0.364 e. The molecule has 0 atom stereocenters. The molecule has 9 nitrogen and oxygen atoms in total. The summed E-state index contributed by atoms with van der Waals surface area (Å²) in [5.41, 5.74) is -0.753. The molecule has 0 saturated heterocycles. The molecule has 0 radical (unpaired) electrons. The van der Waals surface area contributed by atoms with E-state index in [0.717, 1.165) is 6.33 Å². The summed E-state index contributed by atoms with van der Waals surface area (Å²) in [6, 6.07) is 0. The highest BCUT2D eigenvalue weighted by Crippen LogP contribution is 2.72. The molecular weight excluding hydrogens is 262 g/mol. The maximum Gasteiger partial charge on any atom is 0.374 e. The smallest absolute Gasteiger partial charge is 0.364 e. The number of aliphatic hydroxyl groups is 1. The Balaban J connectivity index is 3.52. The van der Waals surface area contributed by atoms with Crippen molar-refractivity contribution in [2.45, 2.75) is 5.08 Å². The molecule has 0 unspecified atom stereocenters. The van der Waals surface area contributed by atoms with Crippen molar-refractivity contribution in [2.24, 2.45) is 0 Å². The fourth-order valence-corrected chi connectivity index (χ4v) is 3.24. The Morgan fingerprint density at radius 3 is 1.69 bits per heavy atom. The Morgan fingerprint density at radius 1 is 1.00 bits per heavy atom. The van der Waals surface area contributed by atoms with Crippen LogP contribution in [-0.4, -0.2) is 34.6 Å². The Hall–Kier alpha value is -0.660. The normalized spacial score (nSPS) is 13.8. The van der Waals surface area contributed by atoms with Crippen molar-refractivity contribution in [3.05, 3.63) is 24.3 Å². The third-order valence-electron chi connectivity index (χ3n) is 1.76. The van der Waals surface area contributed by atoms with Gasteiger partial charge in [-0.3, -0.25) is 9.13 Å². The zero-order chi connectivity index (χ0) is 12.6. The molecule has 0 saturated carbocycles. The second-order valence-electron chi connectivity index (χ2n) is 2.85. The van der Waals surface area contributed by atoms with Gasteiger partial charge in [0, 0.05) is 18.0 Å². The van der Waals surface area contributed by atoms with Gasteiger partial charge in [-0.2, -0.15) is 0 Å². The van der Waals surface area contributed by atoms with Crippen molar-refractivity contribution in [1.82, 2.24) is 9.97 Å². The van der Waals surface area contributed by atoms with Crippen LogP contribution in [0.1, 0.15) is 5.56 Å². The first-order chi connectivity index (χ1) is 7.11. The molecule has 1 aromatic rings. The van der Waals surface area contributed by atoms with Gasteiger partial charge in [0.2, 0.25) is 0 Å². The predicted octanol–water partition coefficient (Wildman–Crippen LogP) is -1.07. The SMILES string of the molecule is O=P(O)(O)C(O)(c1cncnc1)P(=O)(O)O. The highest BCUT2D eigenvalue weighted by molar-refractivity contribution is 7.71. The third kappa shape index (κ3) is 2.07. The van der Waals surface area contributed by atoms with Gasteiger partial charge >= 0.3 is 15.2 Å². The van der Waals surface area contributed by atoms with Crippen LogP contribution in [-0.2, 0) is 14.2 Å². The van der Waals surface area contributed by atoms with Crippen molar-refractivity contribution >= 4 is 15.2 Å². The standard InChI is InChI=1S/C5H8N2O7P2/c8-5(15(9,10)11,16(12,13)14)4-1-6-3-7-2-4/h1-3,8H,(H2,9,10,11)(H2,12,13,14). The Bertz CT molecular complexity index is 443.